The van der Waals surface area contributed by atoms with Gasteiger partial charge in [-0.3, -0.25) is 9.59 Å². The lowest BCUT2D eigenvalue weighted by atomic mass is 10.1. The van der Waals surface area contributed by atoms with Crippen LogP contribution in [-0.4, -0.2) is 17.0 Å². The molecule has 1 amide bonds. The monoisotopic (exact) mass is 363 g/mol. The van der Waals surface area contributed by atoms with Crippen molar-refractivity contribution in [2.45, 2.75) is 19.3 Å². The van der Waals surface area contributed by atoms with E-state index in [-0.39, 0.29) is 6.42 Å². The maximum absolute atomic E-state index is 10.5. The van der Waals surface area contributed by atoms with Gasteiger partial charge in [-0.15, -0.1) is 0 Å². The fourth-order valence-corrected chi connectivity index (χ4v) is 1.97. The van der Waals surface area contributed by atoms with Crippen molar-refractivity contribution in [3.63, 3.8) is 0 Å². The Labute approximate surface area is 138 Å². The van der Waals surface area contributed by atoms with E-state index in [1.54, 1.807) is 24.3 Å². The smallest absolute Gasteiger partial charge is 0.303 e. The fraction of sp³-hybridized carbons (Fsp3) is 0.176. The van der Waals surface area contributed by atoms with Gasteiger partial charge in [-0.1, -0.05) is 46.3 Å². The molecule has 0 bridgehead atoms. The van der Waals surface area contributed by atoms with Crippen LogP contribution in [0.5, 0.6) is 0 Å². The van der Waals surface area contributed by atoms with Crippen LogP contribution in [-0.2, 0) is 11.2 Å². The summed E-state index contributed by atoms with van der Waals surface area (Å²) in [5.41, 5.74) is 6.75. The van der Waals surface area contributed by atoms with Crippen LogP contribution in [0.25, 0.3) is 0 Å². The quantitative estimate of drug-likeness (QED) is 0.850. The van der Waals surface area contributed by atoms with Crippen LogP contribution in [0, 0.1) is 0 Å². The average molecular weight is 364 g/mol. The molecule has 0 aliphatic rings. The standard InChI is InChI=1S/C10H12O2.C7H6BrNO/c11-10(12)8-4-7-9-5-2-1-3-6-9;8-6-3-1-5(2-4-6)7(9)10/h1-3,5-6H,4,7-8H2,(H,11,12);1-4H,(H2,9,10). The van der Waals surface area contributed by atoms with Gasteiger partial charge in [0.1, 0.15) is 0 Å². The molecular formula is C17H18BrNO3. The summed E-state index contributed by atoms with van der Waals surface area (Å²) in [5, 5.41) is 8.39. The molecule has 0 radical (unpaired) electrons. The zero-order valence-corrected chi connectivity index (χ0v) is 13.6. The van der Waals surface area contributed by atoms with Gasteiger partial charge in [-0.05, 0) is 42.7 Å². The van der Waals surface area contributed by atoms with Crippen molar-refractivity contribution in [1.82, 2.24) is 0 Å². The molecule has 2 rings (SSSR count). The van der Waals surface area contributed by atoms with Gasteiger partial charge in [0, 0.05) is 16.5 Å². The van der Waals surface area contributed by atoms with Crippen molar-refractivity contribution in [3.8, 4) is 0 Å². The highest BCUT2D eigenvalue weighted by Gasteiger charge is 1.97. The molecule has 0 unspecified atom stereocenters. The molecule has 0 aliphatic heterocycles. The summed E-state index contributed by atoms with van der Waals surface area (Å²) in [6.45, 7) is 0. The SMILES string of the molecule is NC(=O)c1ccc(Br)cc1.O=C(O)CCCc1ccccc1. The number of amides is 1. The first-order valence-corrected chi connectivity index (χ1v) is 7.59. The molecule has 2 aromatic rings. The predicted molar refractivity (Wildman–Crippen MR) is 89.7 cm³/mol. The van der Waals surface area contributed by atoms with Crippen molar-refractivity contribution in [2.24, 2.45) is 5.73 Å². The lowest BCUT2D eigenvalue weighted by Gasteiger charge is -1.97. The summed E-state index contributed by atoms with van der Waals surface area (Å²) in [7, 11) is 0. The molecule has 3 N–H and O–H groups in total. The second-order valence-electron chi connectivity index (χ2n) is 4.60. The second kappa shape index (κ2) is 9.73. The Morgan fingerprint density at radius 1 is 1.00 bits per heavy atom. The number of aliphatic carboxylic acids is 1. The summed E-state index contributed by atoms with van der Waals surface area (Å²) < 4.78 is 0.942. The second-order valence-corrected chi connectivity index (χ2v) is 5.52. The number of hydrogen-bond acceptors (Lipinski definition) is 2. The molecule has 0 spiro atoms. The third-order valence-corrected chi connectivity index (χ3v) is 3.36. The zero-order chi connectivity index (χ0) is 16.4. The van der Waals surface area contributed by atoms with E-state index in [2.05, 4.69) is 15.9 Å². The van der Waals surface area contributed by atoms with Crippen LogP contribution >= 0.6 is 15.9 Å². The molecule has 0 saturated heterocycles. The molecule has 2 aromatic carbocycles. The number of rotatable bonds is 5. The summed E-state index contributed by atoms with van der Waals surface area (Å²) in [5.74, 6) is -1.11. The van der Waals surface area contributed by atoms with Gasteiger partial charge in [0.25, 0.3) is 0 Å². The summed E-state index contributed by atoms with van der Waals surface area (Å²) in [6.07, 6.45) is 1.83. The van der Waals surface area contributed by atoms with Gasteiger partial charge in [0.05, 0.1) is 0 Å². The number of primary amides is 1. The highest BCUT2D eigenvalue weighted by Crippen LogP contribution is 2.09. The van der Waals surface area contributed by atoms with Gasteiger partial charge in [-0.25, -0.2) is 0 Å². The average Bonchev–Trinajstić information content (AvgIpc) is 2.49. The minimum atomic E-state index is -0.717. The number of aryl methyl sites for hydroxylation is 1. The summed E-state index contributed by atoms with van der Waals surface area (Å²) in [4.78, 5) is 20.7. The van der Waals surface area contributed by atoms with Gasteiger partial charge in [-0.2, -0.15) is 0 Å². The maximum Gasteiger partial charge on any atom is 0.303 e. The van der Waals surface area contributed by atoms with E-state index in [0.29, 0.717) is 5.56 Å². The van der Waals surface area contributed by atoms with Crippen LogP contribution < -0.4 is 5.73 Å². The maximum atomic E-state index is 10.5. The Morgan fingerprint density at radius 3 is 2.09 bits per heavy atom. The van der Waals surface area contributed by atoms with E-state index in [1.807, 2.05) is 30.3 Å². The minimum Gasteiger partial charge on any atom is -0.481 e. The number of hydrogen-bond donors (Lipinski definition) is 2. The zero-order valence-electron chi connectivity index (χ0n) is 12.0. The van der Waals surface area contributed by atoms with Crippen LogP contribution in [0.4, 0.5) is 0 Å². The summed E-state index contributed by atoms with van der Waals surface area (Å²) in [6, 6.07) is 16.8. The van der Waals surface area contributed by atoms with E-state index in [4.69, 9.17) is 10.8 Å². The Balaban J connectivity index is 0.000000224. The molecule has 0 atom stereocenters. The van der Waals surface area contributed by atoms with E-state index >= 15 is 0 Å². The van der Waals surface area contributed by atoms with Crippen LogP contribution in [0.15, 0.2) is 59.1 Å². The molecule has 22 heavy (non-hydrogen) atoms. The van der Waals surface area contributed by atoms with Crippen molar-refractivity contribution < 1.29 is 14.7 Å². The number of carboxylic acid groups (broad SMARTS) is 1. The van der Waals surface area contributed by atoms with Crippen molar-refractivity contribution in [3.05, 3.63) is 70.2 Å². The van der Waals surface area contributed by atoms with Crippen LogP contribution in [0.3, 0.4) is 0 Å². The fourth-order valence-electron chi connectivity index (χ4n) is 1.70. The normalized spacial score (nSPS) is 9.50. The minimum absolute atomic E-state index is 0.259. The Bertz CT molecular complexity index is 597. The van der Waals surface area contributed by atoms with Gasteiger partial charge in [0.2, 0.25) is 5.91 Å². The highest BCUT2D eigenvalue weighted by atomic mass is 79.9. The highest BCUT2D eigenvalue weighted by molar-refractivity contribution is 9.10. The molecule has 4 nitrogen and oxygen atoms in total. The van der Waals surface area contributed by atoms with E-state index in [9.17, 15) is 9.59 Å². The van der Waals surface area contributed by atoms with Gasteiger partial charge < -0.3 is 10.8 Å². The first-order valence-electron chi connectivity index (χ1n) is 6.80. The first kappa shape index (κ1) is 17.9. The third kappa shape index (κ3) is 7.59. The molecule has 5 heteroatoms. The Kier molecular flexibility index (Phi) is 7.92. The summed E-state index contributed by atoms with van der Waals surface area (Å²) >= 11 is 3.24. The van der Waals surface area contributed by atoms with E-state index in [0.717, 1.165) is 17.3 Å². The number of benzene rings is 2. The largest absolute Gasteiger partial charge is 0.481 e. The first-order chi connectivity index (χ1) is 10.5. The molecule has 116 valence electrons. The van der Waals surface area contributed by atoms with Crippen LogP contribution in [0.1, 0.15) is 28.8 Å². The van der Waals surface area contributed by atoms with Crippen LogP contribution in [0.2, 0.25) is 0 Å². The lowest BCUT2D eigenvalue weighted by Crippen LogP contribution is -2.10. The van der Waals surface area contributed by atoms with Crippen molar-refractivity contribution in [1.29, 1.82) is 0 Å². The van der Waals surface area contributed by atoms with E-state index in [1.165, 1.54) is 5.56 Å². The molecule has 0 fully saturated rings. The molecule has 0 saturated carbocycles. The third-order valence-electron chi connectivity index (χ3n) is 2.83. The number of carboxylic acids is 1. The van der Waals surface area contributed by atoms with Gasteiger partial charge in [0.15, 0.2) is 0 Å². The molecular weight excluding hydrogens is 346 g/mol. The lowest BCUT2D eigenvalue weighted by molar-refractivity contribution is -0.137. The van der Waals surface area contributed by atoms with Crippen molar-refractivity contribution >= 4 is 27.8 Å². The molecule has 0 aliphatic carbocycles. The number of carbonyl (C=O) groups excluding carboxylic acids is 1. The van der Waals surface area contributed by atoms with Crippen molar-refractivity contribution in [2.75, 3.05) is 0 Å². The Morgan fingerprint density at radius 2 is 1.59 bits per heavy atom. The topological polar surface area (TPSA) is 80.4 Å². The number of halogens is 1. The number of carbonyl (C=O) groups is 2. The van der Waals surface area contributed by atoms with E-state index < -0.39 is 11.9 Å². The number of nitrogens with two attached hydrogens (primary N) is 1. The predicted octanol–water partition coefficient (Wildman–Crippen LogP) is 3.64. The van der Waals surface area contributed by atoms with Gasteiger partial charge >= 0.3 is 5.97 Å². The molecule has 0 aromatic heterocycles. The Hall–Kier alpha value is -2.14. The molecule has 0 heterocycles.